The van der Waals surface area contributed by atoms with E-state index in [0.717, 1.165) is 43.9 Å². The van der Waals surface area contributed by atoms with Gasteiger partial charge < -0.3 is 15.5 Å². The van der Waals surface area contributed by atoms with Crippen LogP contribution in [0.5, 0.6) is 0 Å². The Morgan fingerprint density at radius 1 is 1.15 bits per heavy atom. The zero-order chi connectivity index (χ0) is 18.5. The van der Waals surface area contributed by atoms with Crippen LogP contribution < -0.4 is 10.6 Å². The number of guanidine groups is 1. The molecule has 26 heavy (non-hydrogen) atoms. The van der Waals surface area contributed by atoms with Crippen molar-refractivity contribution in [2.75, 3.05) is 40.0 Å². The topological polar surface area (TPSA) is 56.7 Å². The maximum absolute atomic E-state index is 12.1. The Labute approximate surface area is 181 Å². The number of hydrogen-bond acceptors (Lipinski definition) is 3. The van der Waals surface area contributed by atoms with Crippen LogP contribution in [0, 0.1) is 0 Å². The molecule has 0 aromatic heterocycles. The second-order valence-corrected chi connectivity index (χ2v) is 9.37. The molecule has 0 aromatic carbocycles. The normalized spacial score (nSPS) is 22.0. The first-order valence-corrected chi connectivity index (χ1v) is 11.4. The van der Waals surface area contributed by atoms with Gasteiger partial charge in [0.15, 0.2) is 5.96 Å². The number of unbranched alkanes of at least 4 members (excludes halogenated alkanes) is 4. The lowest BCUT2D eigenvalue weighted by atomic mass is 9.95. The van der Waals surface area contributed by atoms with E-state index in [1.165, 1.54) is 38.6 Å². The average Bonchev–Trinajstić information content (AvgIpc) is 2.62. The van der Waals surface area contributed by atoms with Crippen molar-refractivity contribution in [2.24, 2.45) is 4.99 Å². The van der Waals surface area contributed by atoms with Gasteiger partial charge in [0.25, 0.3) is 0 Å². The highest BCUT2D eigenvalue weighted by Crippen LogP contribution is 2.22. The van der Waals surface area contributed by atoms with E-state index in [1.54, 1.807) is 0 Å². The summed E-state index contributed by atoms with van der Waals surface area (Å²) in [5.41, 5.74) is 0. The maximum atomic E-state index is 12.1. The Hall–Kier alpha value is 0.110. The molecule has 5 nitrogen and oxygen atoms in total. The van der Waals surface area contributed by atoms with Crippen LogP contribution in [-0.4, -0.2) is 66.3 Å². The van der Waals surface area contributed by atoms with Gasteiger partial charge in [-0.3, -0.25) is 9.20 Å². The number of aliphatic imine (C=N–C) groups is 1. The molecule has 7 heteroatoms. The standard InChI is InChI=1S/C19H40N4OS.HI/c1-5-25(24)18-13-11-12-17(16-18)22-19(20-2)21-14-9-7-6-8-10-15-23(3)4;/h17-18H,5-16H2,1-4H3,(H2,20,21,22);1H. The molecule has 1 fully saturated rings. The molecule has 2 N–H and O–H groups in total. The number of rotatable bonds is 11. The van der Waals surface area contributed by atoms with Crippen molar-refractivity contribution >= 4 is 40.7 Å². The Bertz CT molecular complexity index is 407. The molecule has 0 saturated heterocycles. The first kappa shape index (κ1) is 26.1. The van der Waals surface area contributed by atoms with Crippen LogP contribution in [0.25, 0.3) is 0 Å². The molecule has 1 rings (SSSR count). The minimum absolute atomic E-state index is 0. The fraction of sp³-hybridized carbons (Fsp3) is 0.947. The summed E-state index contributed by atoms with van der Waals surface area (Å²) in [6, 6.07) is 0.409. The number of hydrogen-bond donors (Lipinski definition) is 2. The highest BCUT2D eigenvalue weighted by Gasteiger charge is 2.25. The first-order chi connectivity index (χ1) is 12.1. The van der Waals surface area contributed by atoms with Crippen LogP contribution in [-0.2, 0) is 10.8 Å². The van der Waals surface area contributed by atoms with Gasteiger partial charge in [0, 0.05) is 41.4 Å². The van der Waals surface area contributed by atoms with Crippen molar-refractivity contribution in [3.05, 3.63) is 0 Å². The Balaban J connectivity index is 0.00000625. The third-order valence-corrected chi connectivity index (χ3v) is 6.66. The maximum Gasteiger partial charge on any atom is 0.191 e. The van der Waals surface area contributed by atoms with Gasteiger partial charge in [0.1, 0.15) is 0 Å². The summed E-state index contributed by atoms with van der Waals surface area (Å²) < 4.78 is 12.1. The Morgan fingerprint density at radius 3 is 2.50 bits per heavy atom. The third-order valence-electron chi connectivity index (χ3n) is 4.92. The highest BCUT2D eigenvalue weighted by molar-refractivity contribution is 14.0. The minimum atomic E-state index is -0.668. The summed E-state index contributed by atoms with van der Waals surface area (Å²) in [5.74, 6) is 1.68. The van der Waals surface area contributed by atoms with Crippen molar-refractivity contribution in [1.29, 1.82) is 0 Å². The molecule has 3 unspecified atom stereocenters. The van der Waals surface area contributed by atoms with E-state index < -0.39 is 10.8 Å². The molecular formula is C19H41IN4OS. The van der Waals surface area contributed by atoms with E-state index in [4.69, 9.17) is 0 Å². The minimum Gasteiger partial charge on any atom is -0.356 e. The molecule has 1 saturated carbocycles. The van der Waals surface area contributed by atoms with Crippen molar-refractivity contribution < 1.29 is 4.21 Å². The molecule has 156 valence electrons. The molecule has 0 aliphatic heterocycles. The highest BCUT2D eigenvalue weighted by atomic mass is 127. The summed E-state index contributed by atoms with van der Waals surface area (Å²) >= 11 is 0. The second-order valence-electron chi connectivity index (χ2n) is 7.37. The van der Waals surface area contributed by atoms with Gasteiger partial charge in [-0.15, -0.1) is 24.0 Å². The van der Waals surface area contributed by atoms with Crippen LogP contribution in [0.4, 0.5) is 0 Å². The zero-order valence-corrected chi connectivity index (χ0v) is 20.4. The molecule has 0 spiro atoms. The summed E-state index contributed by atoms with van der Waals surface area (Å²) in [4.78, 5) is 6.60. The summed E-state index contributed by atoms with van der Waals surface area (Å²) in [6.45, 7) is 4.19. The van der Waals surface area contributed by atoms with Crippen molar-refractivity contribution in [2.45, 2.75) is 76.0 Å². The van der Waals surface area contributed by atoms with Gasteiger partial charge in [0.2, 0.25) is 0 Å². The van der Waals surface area contributed by atoms with Gasteiger partial charge in [0.05, 0.1) is 0 Å². The predicted molar refractivity (Wildman–Crippen MR) is 126 cm³/mol. The monoisotopic (exact) mass is 500 g/mol. The van der Waals surface area contributed by atoms with Crippen LogP contribution in [0.3, 0.4) is 0 Å². The molecule has 1 aliphatic rings. The van der Waals surface area contributed by atoms with Gasteiger partial charge >= 0.3 is 0 Å². The molecule has 0 radical (unpaired) electrons. The van der Waals surface area contributed by atoms with Crippen LogP contribution in [0.2, 0.25) is 0 Å². The summed E-state index contributed by atoms with van der Waals surface area (Å²) in [5, 5.41) is 7.33. The lowest BCUT2D eigenvalue weighted by molar-refractivity contribution is 0.389. The molecular weight excluding hydrogens is 459 g/mol. The van der Waals surface area contributed by atoms with E-state index in [9.17, 15) is 4.21 Å². The lowest BCUT2D eigenvalue weighted by Gasteiger charge is -2.30. The molecule has 0 amide bonds. The third kappa shape index (κ3) is 11.7. The fourth-order valence-electron chi connectivity index (χ4n) is 3.43. The lowest BCUT2D eigenvalue weighted by Crippen LogP contribution is -2.46. The van der Waals surface area contributed by atoms with Gasteiger partial charge in [-0.25, -0.2) is 0 Å². The second kappa shape index (κ2) is 16.1. The largest absolute Gasteiger partial charge is 0.356 e. The van der Waals surface area contributed by atoms with Crippen molar-refractivity contribution in [1.82, 2.24) is 15.5 Å². The first-order valence-electron chi connectivity index (χ1n) is 10.1. The van der Waals surface area contributed by atoms with E-state index in [1.807, 2.05) is 14.0 Å². The summed E-state index contributed by atoms with van der Waals surface area (Å²) in [7, 11) is 5.44. The van der Waals surface area contributed by atoms with E-state index in [-0.39, 0.29) is 24.0 Å². The number of nitrogens with zero attached hydrogens (tertiary/aromatic N) is 2. The van der Waals surface area contributed by atoms with Crippen LogP contribution in [0.1, 0.15) is 64.7 Å². The van der Waals surface area contributed by atoms with Crippen molar-refractivity contribution in [3.8, 4) is 0 Å². The average molecular weight is 501 g/mol. The van der Waals surface area contributed by atoms with Gasteiger partial charge in [-0.05, 0) is 52.7 Å². The smallest absolute Gasteiger partial charge is 0.191 e. The van der Waals surface area contributed by atoms with Crippen molar-refractivity contribution in [3.63, 3.8) is 0 Å². The molecule has 0 heterocycles. The summed E-state index contributed by atoms with van der Waals surface area (Å²) in [6.07, 6.45) is 10.8. The van der Waals surface area contributed by atoms with E-state index >= 15 is 0 Å². The molecule has 3 atom stereocenters. The quantitative estimate of drug-likeness (QED) is 0.198. The van der Waals surface area contributed by atoms with Gasteiger partial charge in [-0.2, -0.15) is 0 Å². The van der Waals surface area contributed by atoms with Crippen LogP contribution >= 0.6 is 24.0 Å². The van der Waals surface area contributed by atoms with E-state index in [0.29, 0.717) is 11.3 Å². The Kier molecular flexibility index (Phi) is 16.2. The zero-order valence-electron chi connectivity index (χ0n) is 17.3. The Morgan fingerprint density at radius 2 is 1.85 bits per heavy atom. The van der Waals surface area contributed by atoms with Crippen LogP contribution in [0.15, 0.2) is 4.99 Å². The molecule has 0 bridgehead atoms. The molecule has 1 aliphatic carbocycles. The molecule has 0 aromatic rings. The van der Waals surface area contributed by atoms with E-state index in [2.05, 4.69) is 34.6 Å². The number of halogens is 1. The predicted octanol–water partition coefficient (Wildman–Crippen LogP) is 3.36. The fourth-order valence-corrected chi connectivity index (χ4v) is 4.78. The SMILES string of the molecule is CCS(=O)C1CCCC(NC(=NC)NCCCCCCCN(C)C)C1.I. The van der Waals surface area contributed by atoms with Gasteiger partial charge in [-0.1, -0.05) is 32.6 Å². The number of nitrogens with one attached hydrogen (secondary N) is 2.